The van der Waals surface area contributed by atoms with Gasteiger partial charge in [0.2, 0.25) is 0 Å². The lowest BCUT2D eigenvalue weighted by Crippen LogP contribution is -2.41. The fraction of sp³-hybridized carbons (Fsp3) is 0.400. The highest BCUT2D eigenvalue weighted by atomic mass is 16.5. The van der Waals surface area contributed by atoms with Crippen LogP contribution < -0.4 is 10.1 Å². The summed E-state index contributed by atoms with van der Waals surface area (Å²) >= 11 is 0. The molecular formula is C20H27N3O2. The largest absolute Gasteiger partial charge is 0.497 e. The Labute approximate surface area is 150 Å². The third kappa shape index (κ3) is 5.48. The van der Waals surface area contributed by atoms with E-state index in [1.54, 1.807) is 18.2 Å². The first-order valence-electron chi connectivity index (χ1n) is 8.73. The van der Waals surface area contributed by atoms with Crippen molar-refractivity contribution in [2.45, 2.75) is 26.2 Å². The molecule has 0 aliphatic heterocycles. The lowest BCUT2D eigenvalue weighted by molar-refractivity contribution is 0.202. The van der Waals surface area contributed by atoms with E-state index in [2.05, 4.69) is 28.5 Å². The quantitative estimate of drug-likeness (QED) is 0.800. The van der Waals surface area contributed by atoms with Gasteiger partial charge in [-0.3, -0.25) is 4.98 Å². The van der Waals surface area contributed by atoms with Gasteiger partial charge < -0.3 is 15.0 Å². The van der Waals surface area contributed by atoms with E-state index in [-0.39, 0.29) is 11.9 Å². The average molecular weight is 341 g/mol. The van der Waals surface area contributed by atoms with Crippen molar-refractivity contribution in [3.05, 3.63) is 59.9 Å². The Morgan fingerprint density at radius 2 is 1.92 bits per heavy atom. The molecule has 0 spiro atoms. The van der Waals surface area contributed by atoms with Gasteiger partial charge in [0.1, 0.15) is 5.75 Å². The molecular weight excluding hydrogens is 314 g/mol. The van der Waals surface area contributed by atoms with Gasteiger partial charge in [-0.25, -0.2) is 4.79 Å². The van der Waals surface area contributed by atoms with Crippen LogP contribution in [0.4, 0.5) is 4.79 Å². The van der Waals surface area contributed by atoms with Gasteiger partial charge in [-0.1, -0.05) is 18.2 Å². The van der Waals surface area contributed by atoms with Crippen molar-refractivity contribution in [3.8, 4) is 5.75 Å². The van der Waals surface area contributed by atoms with Crippen molar-refractivity contribution in [3.63, 3.8) is 0 Å². The summed E-state index contributed by atoms with van der Waals surface area (Å²) in [5, 5.41) is 3.07. The van der Waals surface area contributed by atoms with Crippen molar-refractivity contribution in [2.75, 3.05) is 26.7 Å². The molecule has 0 bridgehead atoms. The van der Waals surface area contributed by atoms with Crippen LogP contribution in [0, 0.1) is 0 Å². The molecule has 1 aromatic heterocycles. The molecule has 2 rings (SSSR count). The predicted molar refractivity (Wildman–Crippen MR) is 100.0 cm³/mol. The molecule has 0 fully saturated rings. The molecule has 5 heteroatoms. The third-order valence-electron chi connectivity index (χ3n) is 4.34. The number of aromatic nitrogens is 1. The van der Waals surface area contributed by atoms with Crippen molar-refractivity contribution < 1.29 is 9.53 Å². The van der Waals surface area contributed by atoms with Crippen LogP contribution in [0.3, 0.4) is 0 Å². The molecule has 1 unspecified atom stereocenters. The monoisotopic (exact) mass is 341 g/mol. The number of urea groups is 1. The lowest BCUT2D eigenvalue weighted by atomic mass is 9.92. The fourth-order valence-corrected chi connectivity index (χ4v) is 2.82. The minimum absolute atomic E-state index is 0.0188. The summed E-state index contributed by atoms with van der Waals surface area (Å²) in [4.78, 5) is 18.3. The summed E-state index contributed by atoms with van der Waals surface area (Å²) in [6.07, 6.45) is 4.47. The van der Waals surface area contributed by atoms with Gasteiger partial charge in [-0.15, -0.1) is 0 Å². The lowest BCUT2D eigenvalue weighted by Gasteiger charge is -2.23. The van der Waals surface area contributed by atoms with Gasteiger partial charge in [0.25, 0.3) is 0 Å². The first-order chi connectivity index (χ1) is 12.2. The number of nitrogens with one attached hydrogen (secondary N) is 1. The van der Waals surface area contributed by atoms with E-state index in [4.69, 9.17) is 4.74 Å². The van der Waals surface area contributed by atoms with E-state index in [0.29, 0.717) is 19.6 Å². The van der Waals surface area contributed by atoms with Gasteiger partial charge >= 0.3 is 6.03 Å². The first kappa shape index (κ1) is 18.8. The molecule has 0 aliphatic rings. The molecule has 1 heterocycles. The highest BCUT2D eigenvalue weighted by Gasteiger charge is 2.16. The maximum absolute atomic E-state index is 12.3. The van der Waals surface area contributed by atoms with Crippen LogP contribution in [0.5, 0.6) is 5.75 Å². The molecule has 0 saturated heterocycles. The summed E-state index contributed by atoms with van der Waals surface area (Å²) in [6.45, 7) is 5.96. The number of hydrogen-bond donors (Lipinski definition) is 1. The second kappa shape index (κ2) is 9.67. The zero-order valence-electron chi connectivity index (χ0n) is 15.2. The second-order valence-corrected chi connectivity index (χ2v) is 5.89. The number of nitrogens with zero attached hydrogens (tertiary/aromatic N) is 2. The van der Waals surface area contributed by atoms with E-state index in [9.17, 15) is 4.79 Å². The molecule has 0 radical (unpaired) electrons. The number of methoxy groups -OCH3 is 1. The van der Waals surface area contributed by atoms with Crippen LogP contribution in [-0.2, 0) is 6.42 Å². The molecule has 1 atom stereocenters. The van der Waals surface area contributed by atoms with Crippen LogP contribution in [0.1, 0.15) is 30.9 Å². The molecule has 5 nitrogen and oxygen atoms in total. The molecule has 1 aromatic carbocycles. The minimum atomic E-state index is -0.0188. The maximum atomic E-state index is 12.3. The Bertz CT molecular complexity index is 640. The van der Waals surface area contributed by atoms with Crippen LogP contribution in [0.15, 0.2) is 48.8 Å². The van der Waals surface area contributed by atoms with Crippen LogP contribution in [0.25, 0.3) is 0 Å². The van der Waals surface area contributed by atoms with Crippen LogP contribution in [0.2, 0.25) is 0 Å². The highest BCUT2D eigenvalue weighted by Crippen LogP contribution is 2.23. The van der Waals surface area contributed by atoms with Crippen LogP contribution in [-0.4, -0.2) is 42.7 Å². The van der Waals surface area contributed by atoms with Gasteiger partial charge in [0.05, 0.1) is 7.11 Å². The predicted octanol–water partition coefficient (Wildman–Crippen LogP) is 3.47. The first-order valence-corrected chi connectivity index (χ1v) is 8.73. The second-order valence-electron chi connectivity index (χ2n) is 5.89. The smallest absolute Gasteiger partial charge is 0.317 e. The Hall–Kier alpha value is -2.56. The molecule has 25 heavy (non-hydrogen) atoms. The molecule has 2 amide bonds. The Morgan fingerprint density at radius 1 is 1.20 bits per heavy atom. The maximum Gasteiger partial charge on any atom is 0.317 e. The van der Waals surface area contributed by atoms with Crippen molar-refractivity contribution in [1.29, 1.82) is 0 Å². The molecule has 0 aliphatic carbocycles. The summed E-state index contributed by atoms with van der Waals surface area (Å²) in [7, 11) is 1.66. The van der Waals surface area contributed by atoms with E-state index in [1.807, 2.05) is 38.2 Å². The Kier molecular flexibility index (Phi) is 7.26. The number of amides is 2. The highest BCUT2D eigenvalue weighted by molar-refractivity contribution is 5.74. The number of carbonyl (C=O) groups excluding carboxylic acids is 1. The van der Waals surface area contributed by atoms with Crippen molar-refractivity contribution in [1.82, 2.24) is 15.2 Å². The van der Waals surface area contributed by atoms with Gasteiger partial charge in [-0.2, -0.15) is 0 Å². The standard InChI is InChI=1S/C20H27N3O2/c1-4-23(5-2)20(24)22-15-18(13-16-7-6-12-21-14-16)17-8-10-19(25-3)11-9-17/h6-12,14,18H,4-5,13,15H2,1-3H3,(H,22,24). The molecule has 2 aromatic rings. The van der Waals surface area contributed by atoms with Gasteiger partial charge in [-0.05, 0) is 49.6 Å². The van der Waals surface area contributed by atoms with Crippen molar-refractivity contribution in [2.24, 2.45) is 0 Å². The van der Waals surface area contributed by atoms with E-state index < -0.39 is 0 Å². The summed E-state index contributed by atoms with van der Waals surface area (Å²) in [6, 6.07) is 12.0. The van der Waals surface area contributed by atoms with E-state index in [1.165, 1.54) is 5.56 Å². The molecule has 134 valence electrons. The molecule has 0 saturated carbocycles. The summed E-state index contributed by atoms with van der Waals surface area (Å²) in [5.74, 6) is 1.01. The van der Waals surface area contributed by atoms with Gasteiger partial charge in [0, 0.05) is 37.9 Å². The normalized spacial score (nSPS) is 11.6. The number of rotatable bonds is 8. The average Bonchev–Trinajstić information content (AvgIpc) is 2.67. The van der Waals surface area contributed by atoms with Gasteiger partial charge in [0.15, 0.2) is 0 Å². The number of hydrogen-bond acceptors (Lipinski definition) is 3. The Balaban J connectivity index is 2.12. The summed E-state index contributed by atoms with van der Waals surface area (Å²) < 4.78 is 5.24. The number of ether oxygens (including phenoxy) is 1. The summed E-state index contributed by atoms with van der Waals surface area (Å²) in [5.41, 5.74) is 2.32. The number of benzene rings is 1. The van der Waals surface area contributed by atoms with E-state index >= 15 is 0 Å². The van der Waals surface area contributed by atoms with Crippen LogP contribution >= 0.6 is 0 Å². The third-order valence-corrected chi connectivity index (χ3v) is 4.34. The number of pyridine rings is 1. The van der Waals surface area contributed by atoms with Crippen molar-refractivity contribution >= 4 is 6.03 Å². The SMILES string of the molecule is CCN(CC)C(=O)NCC(Cc1cccnc1)c1ccc(OC)cc1. The number of carbonyl (C=O) groups is 1. The fourth-order valence-electron chi connectivity index (χ4n) is 2.82. The van der Waals surface area contributed by atoms with E-state index in [0.717, 1.165) is 17.7 Å². The molecule has 1 N–H and O–H groups in total. The minimum Gasteiger partial charge on any atom is -0.497 e. The zero-order chi connectivity index (χ0) is 18.1. The Morgan fingerprint density at radius 3 is 2.48 bits per heavy atom. The topological polar surface area (TPSA) is 54.5 Å². The zero-order valence-corrected chi connectivity index (χ0v) is 15.2.